The van der Waals surface area contributed by atoms with E-state index in [1.54, 1.807) is 0 Å². The molecule has 2 amide bonds. The zero-order valence-corrected chi connectivity index (χ0v) is 17.1. The Morgan fingerprint density at radius 3 is 2.07 bits per heavy atom. The van der Waals surface area contributed by atoms with Gasteiger partial charge in [0, 0.05) is 18.3 Å². The highest BCUT2D eigenvalue weighted by molar-refractivity contribution is 7.86. The number of aliphatic hydroxyl groups excluding tert-OH is 2. The van der Waals surface area contributed by atoms with Crippen LogP contribution in [0.5, 0.6) is 0 Å². The van der Waals surface area contributed by atoms with Crippen LogP contribution in [0.4, 0.5) is 0 Å². The molecule has 0 aromatic carbocycles. The molecule has 1 saturated heterocycles. The first-order valence-electron chi connectivity index (χ1n) is 10.1. The highest BCUT2D eigenvalue weighted by Crippen LogP contribution is 2.64. The van der Waals surface area contributed by atoms with Gasteiger partial charge in [0.1, 0.15) is 5.78 Å². The van der Waals surface area contributed by atoms with Crippen molar-refractivity contribution in [2.24, 2.45) is 40.4 Å². The van der Waals surface area contributed by atoms with E-state index in [0.29, 0.717) is 24.3 Å². The van der Waals surface area contributed by atoms with Crippen LogP contribution < -0.4 is 0 Å². The van der Waals surface area contributed by atoms with Gasteiger partial charge in [0.2, 0.25) is 0 Å². The quantitative estimate of drug-likeness (QED) is 0.579. The highest BCUT2D eigenvalue weighted by atomic mass is 32.2. The number of carbonyl (C=O) groups is 3. The predicted octanol–water partition coefficient (Wildman–Crippen LogP) is -0.384. The molecule has 4 bridgehead atoms. The largest absolute Gasteiger partial charge is 0.390 e. The molecular weight excluding hydrogens is 402 g/mol. The van der Waals surface area contributed by atoms with Gasteiger partial charge >= 0.3 is 0 Å². The van der Waals surface area contributed by atoms with Gasteiger partial charge in [-0.3, -0.25) is 14.4 Å². The molecule has 0 radical (unpaired) electrons. The number of Topliss-reactive ketones (excluding diaryl/α,β-unsaturated/α-hetero) is 1. The Kier molecular flexibility index (Phi) is 3.82. The van der Waals surface area contributed by atoms with Crippen LogP contribution >= 0.6 is 0 Å². The van der Waals surface area contributed by atoms with Crippen molar-refractivity contribution < 1.29 is 37.3 Å². The second-order valence-corrected chi connectivity index (χ2v) is 11.6. The van der Waals surface area contributed by atoms with Crippen LogP contribution in [0, 0.1) is 40.4 Å². The summed E-state index contributed by atoms with van der Waals surface area (Å²) in [6.07, 6.45) is -0.321. The molecule has 9 nitrogen and oxygen atoms in total. The Morgan fingerprint density at radius 2 is 1.62 bits per heavy atom. The van der Waals surface area contributed by atoms with Crippen molar-refractivity contribution in [1.82, 2.24) is 5.06 Å². The van der Waals surface area contributed by atoms with Crippen molar-refractivity contribution >= 4 is 27.7 Å². The molecule has 0 aromatic rings. The topological polar surface area (TPSA) is 138 Å². The number of hydroxylamine groups is 2. The maximum Gasteiger partial charge on any atom is 0.289 e. The summed E-state index contributed by atoms with van der Waals surface area (Å²) < 4.78 is 30.7. The van der Waals surface area contributed by atoms with Gasteiger partial charge in [-0.25, -0.2) is 0 Å². The Bertz CT molecular complexity index is 896. The van der Waals surface area contributed by atoms with Crippen molar-refractivity contribution in [2.45, 2.75) is 51.7 Å². The number of hydrogen-bond donors (Lipinski definition) is 2. The van der Waals surface area contributed by atoms with Crippen LogP contribution in [0.2, 0.25) is 0 Å². The molecule has 5 rings (SSSR count). The molecule has 2 N–H and O–H groups in total. The maximum atomic E-state index is 12.9. The van der Waals surface area contributed by atoms with E-state index in [0.717, 1.165) is 6.42 Å². The molecule has 8 atom stereocenters. The van der Waals surface area contributed by atoms with Crippen molar-refractivity contribution in [3.05, 3.63) is 0 Å². The van der Waals surface area contributed by atoms with Crippen molar-refractivity contribution in [2.75, 3.05) is 5.75 Å². The lowest BCUT2D eigenvalue weighted by molar-refractivity contribution is -0.166. The Labute approximate surface area is 168 Å². The first-order valence-corrected chi connectivity index (χ1v) is 11.7. The van der Waals surface area contributed by atoms with Gasteiger partial charge in [0.25, 0.3) is 21.9 Å². The Hall–Kier alpha value is -1.36. The minimum Gasteiger partial charge on any atom is -0.390 e. The molecule has 160 valence electrons. The lowest BCUT2D eigenvalue weighted by Crippen LogP contribution is -2.45. The van der Waals surface area contributed by atoms with Gasteiger partial charge < -0.3 is 10.2 Å². The number of aliphatic hydroxyl groups is 2. The van der Waals surface area contributed by atoms with Crippen LogP contribution in [0.1, 0.15) is 39.5 Å². The highest BCUT2D eigenvalue weighted by Gasteiger charge is 2.69. The predicted molar refractivity (Wildman–Crippen MR) is 95.9 cm³/mol. The van der Waals surface area contributed by atoms with E-state index in [1.165, 1.54) is 0 Å². The minimum absolute atomic E-state index is 0.105. The van der Waals surface area contributed by atoms with Crippen molar-refractivity contribution in [3.8, 4) is 0 Å². The van der Waals surface area contributed by atoms with Crippen LogP contribution in [-0.4, -0.2) is 59.3 Å². The normalized spacial score (nSPS) is 47.5. The second-order valence-electron chi connectivity index (χ2n) is 10.0. The van der Waals surface area contributed by atoms with E-state index in [2.05, 4.69) is 0 Å². The third kappa shape index (κ3) is 2.26. The number of imide groups is 1. The summed E-state index contributed by atoms with van der Waals surface area (Å²) in [5.41, 5.74) is -1.56. The van der Waals surface area contributed by atoms with Crippen LogP contribution in [0.25, 0.3) is 0 Å². The number of rotatable bonds is 4. The smallest absolute Gasteiger partial charge is 0.289 e. The maximum absolute atomic E-state index is 12.9. The van der Waals surface area contributed by atoms with Gasteiger partial charge in [0.05, 0.1) is 35.2 Å². The van der Waals surface area contributed by atoms with Gasteiger partial charge in [-0.15, -0.1) is 9.35 Å². The number of hydrogen-bond acceptors (Lipinski definition) is 8. The molecule has 5 aliphatic rings. The second kappa shape index (κ2) is 5.66. The first-order chi connectivity index (χ1) is 13.4. The third-order valence-corrected chi connectivity index (χ3v) is 10.0. The van der Waals surface area contributed by atoms with Gasteiger partial charge in [-0.1, -0.05) is 13.8 Å². The number of amides is 2. The molecule has 5 fully saturated rings. The van der Waals surface area contributed by atoms with Crippen LogP contribution in [0.3, 0.4) is 0 Å². The molecule has 29 heavy (non-hydrogen) atoms. The molecule has 1 heterocycles. The van der Waals surface area contributed by atoms with E-state index in [-0.39, 0.29) is 11.7 Å². The average Bonchev–Trinajstić information content (AvgIpc) is 3.32. The molecule has 10 heteroatoms. The van der Waals surface area contributed by atoms with Crippen LogP contribution in [-0.2, 0) is 28.8 Å². The molecular formula is C19H25NO8S. The molecule has 4 saturated carbocycles. The van der Waals surface area contributed by atoms with Gasteiger partial charge in [-0.2, -0.15) is 8.42 Å². The fourth-order valence-electron chi connectivity index (χ4n) is 7.03. The third-order valence-electron chi connectivity index (χ3n) is 8.80. The molecule has 4 aliphatic carbocycles. The molecule has 8 unspecified atom stereocenters. The van der Waals surface area contributed by atoms with Crippen molar-refractivity contribution in [1.29, 1.82) is 0 Å². The van der Waals surface area contributed by atoms with Gasteiger partial charge in [0.15, 0.2) is 0 Å². The zero-order chi connectivity index (χ0) is 21.1. The summed E-state index contributed by atoms with van der Waals surface area (Å²) in [5, 5.41) is 20.4. The number of nitrogens with zero attached hydrogens (tertiary/aromatic N) is 1. The first kappa shape index (κ1) is 19.6. The monoisotopic (exact) mass is 427 g/mol. The Balaban J connectivity index is 1.39. The summed E-state index contributed by atoms with van der Waals surface area (Å²) >= 11 is 0. The fourth-order valence-corrected chi connectivity index (χ4v) is 8.73. The van der Waals surface area contributed by atoms with E-state index >= 15 is 0 Å². The van der Waals surface area contributed by atoms with E-state index in [1.807, 2.05) is 13.8 Å². The summed E-state index contributed by atoms with van der Waals surface area (Å²) in [5.74, 6) is -5.05. The SMILES string of the molecule is CC1(C)C2CCC1(CS(=O)(=O)ON1C(=O)C3C4CC(C(O)C4O)C3C1=O)C(=O)C2. The average molecular weight is 427 g/mol. The van der Waals surface area contributed by atoms with E-state index < -0.39 is 74.4 Å². The lowest BCUT2D eigenvalue weighted by Gasteiger charge is -2.35. The number of fused-ring (bicyclic) bond motifs is 7. The van der Waals surface area contributed by atoms with Crippen LogP contribution in [0.15, 0.2) is 0 Å². The number of ketones is 1. The standard InChI is InChI=1S/C19H25NO8S/c1-18(2)8-3-4-19(18,11(21)5-8)7-29(26,27)28-20-16(24)12-9-6-10(13(12)17(20)25)15(23)14(9)22/h8-10,12-15,22-23H,3-7H2,1-2H3. The van der Waals surface area contributed by atoms with Gasteiger partial charge in [-0.05, 0) is 30.6 Å². The Morgan fingerprint density at radius 1 is 1.07 bits per heavy atom. The summed E-state index contributed by atoms with van der Waals surface area (Å²) in [6, 6.07) is 0. The summed E-state index contributed by atoms with van der Waals surface area (Å²) in [7, 11) is -4.40. The fraction of sp³-hybridized carbons (Fsp3) is 0.842. The summed E-state index contributed by atoms with van der Waals surface area (Å²) in [4.78, 5) is 38.1. The van der Waals surface area contributed by atoms with Crippen molar-refractivity contribution in [3.63, 3.8) is 0 Å². The minimum atomic E-state index is -4.40. The van der Waals surface area contributed by atoms with E-state index in [4.69, 9.17) is 4.28 Å². The lowest BCUT2D eigenvalue weighted by atomic mass is 9.70. The summed E-state index contributed by atoms with van der Waals surface area (Å²) in [6.45, 7) is 3.78. The molecule has 0 aromatic heterocycles. The molecule has 1 aliphatic heterocycles. The molecule has 0 spiro atoms. The zero-order valence-electron chi connectivity index (χ0n) is 16.3. The van der Waals surface area contributed by atoms with E-state index in [9.17, 15) is 33.0 Å². The number of carbonyl (C=O) groups excluding carboxylic acids is 3.